The molecule has 158 valence electrons. The third kappa shape index (κ3) is 3.82. The lowest BCUT2D eigenvalue weighted by molar-refractivity contribution is 0.171. The van der Waals surface area contributed by atoms with E-state index < -0.39 is 10.0 Å². The summed E-state index contributed by atoms with van der Waals surface area (Å²) >= 11 is 0. The lowest BCUT2D eigenvalue weighted by Gasteiger charge is -2.19. The minimum Gasteiger partial charge on any atom is -0.486 e. The average Bonchev–Trinajstić information content (AvgIpc) is 3.23. The predicted molar refractivity (Wildman–Crippen MR) is 113 cm³/mol. The minimum atomic E-state index is -3.78. The fourth-order valence-electron chi connectivity index (χ4n) is 3.19. The van der Waals surface area contributed by atoms with E-state index in [1.807, 2.05) is 13.0 Å². The Hall–Kier alpha value is -3.86. The summed E-state index contributed by atoms with van der Waals surface area (Å²) in [6.07, 6.45) is 1.43. The zero-order chi connectivity index (χ0) is 21.4. The highest BCUT2D eigenvalue weighted by Crippen LogP contribution is 2.33. The van der Waals surface area contributed by atoms with Crippen LogP contribution in [-0.2, 0) is 10.0 Å². The molecule has 0 aliphatic carbocycles. The van der Waals surface area contributed by atoms with E-state index in [4.69, 9.17) is 9.47 Å². The molecule has 1 aliphatic rings. The van der Waals surface area contributed by atoms with Gasteiger partial charge in [0.1, 0.15) is 25.4 Å². The Bertz CT molecular complexity index is 1370. The van der Waals surface area contributed by atoms with Crippen LogP contribution in [0.2, 0.25) is 0 Å². The Kier molecular flexibility index (Phi) is 4.59. The van der Waals surface area contributed by atoms with Gasteiger partial charge in [0.2, 0.25) is 0 Å². The number of aromatic nitrogens is 4. The molecule has 0 atom stereocenters. The quantitative estimate of drug-likeness (QED) is 0.488. The maximum atomic E-state index is 12.8. The van der Waals surface area contributed by atoms with Gasteiger partial charge in [-0.2, -0.15) is 14.6 Å². The molecule has 0 saturated carbocycles. The van der Waals surface area contributed by atoms with Crippen LogP contribution < -0.4 is 19.5 Å². The molecule has 1 aliphatic heterocycles. The standard InChI is InChI=1S/C20H18N6O4S/c1-13-10-19(26-20(23-13)21-12-22-26)24-14-2-4-15(5-3-14)25-31(27,28)16-6-7-17-18(11-16)30-9-8-29-17/h2-7,10-12,24-25H,8-9H2,1H3. The SMILES string of the molecule is Cc1cc(Nc2ccc(NS(=O)(=O)c3ccc4c(c3)OCCO4)cc2)n2ncnc2n1. The van der Waals surface area contributed by atoms with Gasteiger partial charge in [0.25, 0.3) is 15.8 Å². The second kappa shape index (κ2) is 7.43. The van der Waals surface area contributed by atoms with Crippen LogP contribution in [-0.4, -0.2) is 41.2 Å². The highest BCUT2D eigenvalue weighted by atomic mass is 32.2. The van der Waals surface area contributed by atoms with Crippen LogP contribution in [0.15, 0.2) is 59.8 Å². The van der Waals surface area contributed by atoms with Crippen LogP contribution in [0.25, 0.3) is 5.78 Å². The lowest BCUT2D eigenvalue weighted by Crippen LogP contribution is -2.17. The Labute approximate surface area is 177 Å². The zero-order valence-electron chi connectivity index (χ0n) is 16.4. The Morgan fingerprint density at radius 1 is 0.968 bits per heavy atom. The predicted octanol–water partition coefficient (Wildman–Crippen LogP) is 2.75. The molecule has 0 fully saturated rings. The van der Waals surface area contributed by atoms with E-state index in [1.165, 1.54) is 18.5 Å². The lowest BCUT2D eigenvalue weighted by atomic mass is 10.3. The number of fused-ring (bicyclic) bond motifs is 2. The van der Waals surface area contributed by atoms with E-state index in [0.717, 1.165) is 11.4 Å². The number of anilines is 3. The molecule has 0 saturated heterocycles. The second-order valence-electron chi connectivity index (χ2n) is 6.87. The van der Waals surface area contributed by atoms with Gasteiger partial charge in [0.05, 0.1) is 4.90 Å². The molecule has 0 spiro atoms. The van der Waals surface area contributed by atoms with Crippen molar-refractivity contribution >= 4 is 33.0 Å². The van der Waals surface area contributed by atoms with Gasteiger partial charge in [-0.1, -0.05) is 0 Å². The van der Waals surface area contributed by atoms with Crippen LogP contribution in [0.3, 0.4) is 0 Å². The van der Waals surface area contributed by atoms with Crippen molar-refractivity contribution in [2.24, 2.45) is 0 Å². The largest absolute Gasteiger partial charge is 0.486 e. The molecule has 0 amide bonds. The number of nitrogens with zero attached hydrogens (tertiary/aromatic N) is 4. The van der Waals surface area contributed by atoms with E-state index in [1.54, 1.807) is 34.8 Å². The van der Waals surface area contributed by atoms with Crippen molar-refractivity contribution in [1.29, 1.82) is 0 Å². The molecule has 0 radical (unpaired) electrons. The van der Waals surface area contributed by atoms with Crippen molar-refractivity contribution in [2.75, 3.05) is 23.3 Å². The van der Waals surface area contributed by atoms with Crippen LogP contribution >= 0.6 is 0 Å². The summed E-state index contributed by atoms with van der Waals surface area (Å²) < 4.78 is 40.6. The molecule has 0 unspecified atom stereocenters. The Morgan fingerprint density at radius 2 is 1.71 bits per heavy atom. The van der Waals surface area contributed by atoms with Crippen molar-refractivity contribution < 1.29 is 17.9 Å². The molecule has 4 aromatic rings. The van der Waals surface area contributed by atoms with E-state index in [9.17, 15) is 8.42 Å². The smallest absolute Gasteiger partial charge is 0.262 e. The Morgan fingerprint density at radius 3 is 2.52 bits per heavy atom. The van der Waals surface area contributed by atoms with Gasteiger partial charge in [0, 0.05) is 29.2 Å². The fourth-order valence-corrected chi connectivity index (χ4v) is 4.27. The fraction of sp³-hybridized carbons (Fsp3) is 0.150. The monoisotopic (exact) mass is 438 g/mol. The number of aryl methyl sites for hydroxylation is 1. The third-order valence-corrected chi connectivity index (χ3v) is 5.99. The second-order valence-corrected chi connectivity index (χ2v) is 8.55. The van der Waals surface area contributed by atoms with Crippen molar-refractivity contribution in [1.82, 2.24) is 19.6 Å². The van der Waals surface area contributed by atoms with Gasteiger partial charge in [-0.3, -0.25) is 4.72 Å². The highest BCUT2D eigenvalue weighted by molar-refractivity contribution is 7.92. The van der Waals surface area contributed by atoms with Gasteiger partial charge in [-0.05, 0) is 43.3 Å². The molecule has 3 heterocycles. The summed E-state index contributed by atoms with van der Waals surface area (Å²) in [5, 5.41) is 7.40. The average molecular weight is 438 g/mol. The molecule has 5 rings (SSSR count). The molecule has 2 N–H and O–H groups in total. The van der Waals surface area contributed by atoms with Crippen molar-refractivity contribution in [2.45, 2.75) is 11.8 Å². The first kappa shape index (κ1) is 19.1. The molecule has 11 heteroatoms. The zero-order valence-corrected chi connectivity index (χ0v) is 17.3. The number of nitrogens with one attached hydrogen (secondary N) is 2. The van der Waals surface area contributed by atoms with E-state index in [2.05, 4.69) is 25.1 Å². The molecular formula is C20H18N6O4S. The molecule has 2 aromatic carbocycles. The summed E-state index contributed by atoms with van der Waals surface area (Å²) in [5.74, 6) is 2.14. The number of benzene rings is 2. The minimum absolute atomic E-state index is 0.0970. The molecule has 0 bridgehead atoms. The van der Waals surface area contributed by atoms with Crippen LogP contribution in [0.5, 0.6) is 11.5 Å². The topological polar surface area (TPSA) is 120 Å². The van der Waals surface area contributed by atoms with Gasteiger partial charge in [0.15, 0.2) is 11.5 Å². The van der Waals surface area contributed by atoms with Gasteiger partial charge >= 0.3 is 0 Å². The first-order valence-electron chi connectivity index (χ1n) is 9.45. The number of ether oxygens (including phenoxy) is 2. The summed E-state index contributed by atoms with van der Waals surface area (Å²) in [7, 11) is -3.78. The van der Waals surface area contributed by atoms with Crippen LogP contribution in [0.4, 0.5) is 17.2 Å². The summed E-state index contributed by atoms with van der Waals surface area (Å²) in [6.45, 7) is 2.70. The summed E-state index contributed by atoms with van der Waals surface area (Å²) in [6, 6.07) is 13.3. The van der Waals surface area contributed by atoms with E-state index in [-0.39, 0.29) is 4.90 Å². The molecule has 2 aromatic heterocycles. The van der Waals surface area contributed by atoms with Crippen LogP contribution in [0.1, 0.15) is 5.69 Å². The maximum Gasteiger partial charge on any atom is 0.262 e. The Balaban J connectivity index is 1.34. The summed E-state index contributed by atoms with van der Waals surface area (Å²) in [4.78, 5) is 8.50. The van der Waals surface area contributed by atoms with Gasteiger partial charge in [-0.15, -0.1) is 0 Å². The third-order valence-electron chi connectivity index (χ3n) is 4.61. The molecule has 31 heavy (non-hydrogen) atoms. The summed E-state index contributed by atoms with van der Waals surface area (Å²) in [5.41, 5.74) is 1.98. The highest BCUT2D eigenvalue weighted by Gasteiger charge is 2.19. The van der Waals surface area contributed by atoms with Gasteiger partial charge in [-0.25, -0.2) is 13.4 Å². The molecular weight excluding hydrogens is 420 g/mol. The first-order chi connectivity index (χ1) is 15.0. The first-order valence-corrected chi connectivity index (χ1v) is 10.9. The number of hydrogen-bond donors (Lipinski definition) is 2. The van der Waals surface area contributed by atoms with Crippen molar-refractivity contribution in [3.63, 3.8) is 0 Å². The number of sulfonamides is 1. The van der Waals surface area contributed by atoms with E-state index in [0.29, 0.717) is 42.0 Å². The van der Waals surface area contributed by atoms with Crippen molar-refractivity contribution in [3.8, 4) is 11.5 Å². The van der Waals surface area contributed by atoms with Crippen molar-refractivity contribution in [3.05, 3.63) is 60.6 Å². The molecule has 10 nitrogen and oxygen atoms in total. The van der Waals surface area contributed by atoms with Crippen LogP contribution in [0, 0.1) is 6.92 Å². The number of hydrogen-bond acceptors (Lipinski definition) is 8. The maximum absolute atomic E-state index is 12.8. The normalized spacial score (nSPS) is 13.2. The van der Waals surface area contributed by atoms with Gasteiger partial charge < -0.3 is 14.8 Å². The number of rotatable bonds is 5. The van der Waals surface area contributed by atoms with E-state index >= 15 is 0 Å².